The highest BCUT2D eigenvalue weighted by molar-refractivity contribution is 5.83. The first-order valence-corrected chi connectivity index (χ1v) is 11.0. The molecule has 1 N–H and O–H groups in total. The smallest absolute Gasteiger partial charge is 0.231 e. The van der Waals surface area contributed by atoms with Crippen LogP contribution in [0.4, 0.5) is 0 Å². The van der Waals surface area contributed by atoms with Gasteiger partial charge in [-0.2, -0.15) is 0 Å². The molecule has 4 rings (SSSR count). The number of nitrogens with one attached hydrogen (secondary N) is 1. The fourth-order valence-electron chi connectivity index (χ4n) is 4.41. The highest BCUT2D eigenvalue weighted by Gasteiger charge is 2.41. The fraction of sp³-hybridized carbons (Fsp3) is 0.440. The van der Waals surface area contributed by atoms with Crippen LogP contribution in [0.25, 0.3) is 0 Å². The monoisotopic (exact) mass is 438 g/mol. The molecule has 7 heteroatoms. The van der Waals surface area contributed by atoms with E-state index in [1.165, 1.54) is 0 Å². The van der Waals surface area contributed by atoms with Crippen molar-refractivity contribution in [3.8, 4) is 17.2 Å². The van der Waals surface area contributed by atoms with Crippen LogP contribution in [0.5, 0.6) is 17.2 Å². The summed E-state index contributed by atoms with van der Waals surface area (Å²) < 4.78 is 16.3. The van der Waals surface area contributed by atoms with Gasteiger partial charge in [0.2, 0.25) is 18.6 Å². The number of para-hydroxylation sites is 1. The molecule has 1 saturated heterocycles. The summed E-state index contributed by atoms with van der Waals surface area (Å²) in [7, 11) is 1.63. The Labute approximate surface area is 188 Å². The van der Waals surface area contributed by atoms with E-state index in [0.29, 0.717) is 37.6 Å². The summed E-state index contributed by atoms with van der Waals surface area (Å²) >= 11 is 0. The second kappa shape index (κ2) is 9.51. The van der Waals surface area contributed by atoms with Crippen molar-refractivity contribution < 1.29 is 23.8 Å². The standard InChI is InChI=1S/C25H30N2O5/c1-16(2)10-24(28)27-13-19(18-6-4-5-7-21(18)30-3)20(14-27)25(29)26-12-17-8-9-22-23(11-17)32-15-31-22/h4-9,11,16,19-20H,10,12-15H2,1-3H3,(H,26,29)/t19-,20+/m0/s1. The third kappa shape index (κ3) is 4.66. The molecule has 0 unspecified atom stereocenters. The number of methoxy groups -OCH3 is 1. The summed E-state index contributed by atoms with van der Waals surface area (Å²) in [4.78, 5) is 27.9. The van der Waals surface area contributed by atoms with Gasteiger partial charge < -0.3 is 24.4 Å². The molecule has 0 bridgehead atoms. The second-order valence-corrected chi connectivity index (χ2v) is 8.76. The Kier molecular flexibility index (Phi) is 6.53. The highest BCUT2D eigenvalue weighted by Crippen LogP contribution is 2.38. The van der Waals surface area contributed by atoms with E-state index < -0.39 is 0 Å². The summed E-state index contributed by atoms with van der Waals surface area (Å²) in [5.74, 6) is 1.96. The zero-order valence-electron chi connectivity index (χ0n) is 18.8. The first-order chi connectivity index (χ1) is 15.5. The largest absolute Gasteiger partial charge is 0.496 e. The number of hydrogen-bond acceptors (Lipinski definition) is 5. The van der Waals surface area contributed by atoms with Crippen molar-refractivity contribution in [2.75, 3.05) is 27.0 Å². The van der Waals surface area contributed by atoms with Crippen LogP contribution in [0.15, 0.2) is 42.5 Å². The molecule has 0 aliphatic carbocycles. The number of carbonyl (C=O) groups excluding carboxylic acids is 2. The predicted octanol–water partition coefficient (Wildman–Crippen LogP) is 3.33. The lowest BCUT2D eigenvalue weighted by atomic mass is 9.87. The molecule has 2 amide bonds. The zero-order valence-corrected chi connectivity index (χ0v) is 18.8. The Morgan fingerprint density at radius 3 is 2.69 bits per heavy atom. The number of likely N-dealkylation sites (tertiary alicyclic amines) is 1. The molecule has 2 aromatic carbocycles. The molecule has 0 aromatic heterocycles. The molecule has 170 valence electrons. The number of hydrogen-bond donors (Lipinski definition) is 1. The molecular formula is C25H30N2O5. The lowest BCUT2D eigenvalue weighted by molar-refractivity contribution is -0.131. The molecule has 2 aliphatic heterocycles. The van der Waals surface area contributed by atoms with Crippen molar-refractivity contribution in [3.63, 3.8) is 0 Å². The Bertz CT molecular complexity index is 990. The van der Waals surface area contributed by atoms with Gasteiger partial charge in [-0.25, -0.2) is 0 Å². The maximum Gasteiger partial charge on any atom is 0.231 e. The van der Waals surface area contributed by atoms with Crippen molar-refractivity contribution >= 4 is 11.8 Å². The maximum atomic E-state index is 13.3. The van der Waals surface area contributed by atoms with Crippen LogP contribution >= 0.6 is 0 Å². The van der Waals surface area contributed by atoms with E-state index in [0.717, 1.165) is 16.9 Å². The molecule has 0 spiro atoms. The molecule has 2 aromatic rings. The van der Waals surface area contributed by atoms with E-state index in [1.54, 1.807) is 7.11 Å². The molecular weight excluding hydrogens is 408 g/mol. The van der Waals surface area contributed by atoms with Gasteiger partial charge in [0.1, 0.15) is 5.75 Å². The average Bonchev–Trinajstić information content (AvgIpc) is 3.44. The SMILES string of the molecule is COc1ccccc1[C@@H]1CN(C(=O)CC(C)C)C[C@H]1C(=O)NCc1ccc2c(c1)OCO2. The lowest BCUT2D eigenvalue weighted by Crippen LogP contribution is -2.35. The number of ether oxygens (including phenoxy) is 3. The molecule has 0 radical (unpaired) electrons. The zero-order chi connectivity index (χ0) is 22.7. The first kappa shape index (κ1) is 22.0. The number of benzene rings is 2. The van der Waals surface area contributed by atoms with Gasteiger partial charge in [-0.05, 0) is 35.2 Å². The van der Waals surface area contributed by atoms with Gasteiger partial charge in [-0.3, -0.25) is 9.59 Å². The average molecular weight is 439 g/mol. The van der Waals surface area contributed by atoms with Gasteiger partial charge in [-0.1, -0.05) is 38.1 Å². The second-order valence-electron chi connectivity index (χ2n) is 8.76. The first-order valence-electron chi connectivity index (χ1n) is 11.0. The van der Waals surface area contributed by atoms with Crippen molar-refractivity contribution in [1.82, 2.24) is 10.2 Å². The minimum absolute atomic E-state index is 0.0709. The minimum Gasteiger partial charge on any atom is -0.496 e. The molecule has 2 aliphatic rings. The van der Waals surface area contributed by atoms with Crippen LogP contribution in [0.2, 0.25) is 0 Å². The van der Waals surface area contributed by atoms with E-state index in [9.17, 15) is 9.59 Å². The van der Waals surface area contributed by atoms with Gasteiger partial charge in [-0.15, -0.1) is 0 Å². The third-order valence-electron chi connectivity index (χ3n) is 6.03. The van der Waals surface area contributed by atoms with Crippen molar-refractivity contribution in [2.24, 2.45) is 11.8 Å². The summed E-state index contributed by atoms with van der Waals surface area (Å²) in [6.07, 6.45) is 0.476. The number of carbonyl (C=O) groups is 2. The lowest BCUT2D eigenvalue weighted by Gasteiger charge is -2.20. The molecule has 7 nitrogen and oxygen atoms in total. The Balaban J connectivity index is 1.51. The maximum absolute atomic E-state index is 13.3. The molecule has 1 fully saturated rings. The molecule has 0 saturated carbocycles. The Morgan fingerprint density at radius 1 is 1.12 bits per heavy atom. The topological polar surface area (TPSA) is 77.1 Å². The fourth-order valence-corrected chi connectivity index (χ4v) is 4.41. The predicted molar refractivity (Wildman–Crippen MR) is 120 cm³/mol. The van der Waals surface area contributed by atoms with Crippen LogP contribution in [-0.2, 0) is 16.1 Å². The van der Waals surface area contributed by atoms with Crippen LogP contribution in [0.1, 0.15) is 37.3 Å². The van der Waals surface area contributed by atoms with Crippen LogP contribution in [0.3, 0.4) is 0 Å². The van der Waals surface area contributed by atoms with Crippen LogP contribution < -0.4 is 19.5 Å². The third-order valence-corrected chi connectivity index (χ3v) is 6.03. The summed E-state index contributed by atoms with van der Waals surface area (Å²) in [6.45, 7) is 5.57. The highest BCUT2D eigenvalue weighted by atomic mass is 16.7. The normalized spacial score (nSPS) is 19.3. The van der Waals surface area contributed by atoms with Crippen LogP contribution in [0, 0.1) is 11.8 Å². The summed E-state index contributed by atoms with van der Waals surface area (Å²) in [5, 5.41) is 3.06. The Hall–Kier alpha value is -3.22. The van der Waals surface area contributed by atoms with E-state index in [-0.39, 0.29) is 36.4 Å². The number of amides is 2. The van der Waals surface area contributed by atoms with Crippen molar-refractivity contribution in [1.29, 1.82) is 0 Å². The quantitative estimate of drug-likeness (QED) is 0.718. The summed E-state index contributed by atoms with van der Waals surface area (Å²) in [5.41, 5.74) is 1.89. The van der Waals surface area contributed by atoms with Gasteiger partial charge in [0.15, 0.2) is 11.5 Å². The molecule has 2 atom stereocenters. The van der Waals surface area contributed by atoms with E-state index in [2.05, 4.69) is 5.32 Å². The van der Waals surface area contributed by atoms with Crippen LogP contribution in [-0.4, -0.2) is 43.7 Å². The number of fused-ring (bicyclic) bond motifs is 1. The summed E-state index contributed by atoms with van der Waals surface area (Å²) in [6, 6.07) is 13.4. The van der Waals surface area contributed by atoms with E-state index in [4.69, 9.17) is 14.2 Å². The van der Waals surface area contributed by atoms with E-state index >= 15 is 0 Å². The molecule has 2 heterocycles. The van der Waals surface area contributed by atoms with Gasteiger partial charge in [0.25, 0.3) is 0 Å². The van der Waals surface area contributed by atoms with E-state index in [1.807, 2.05) is 61.2 Å². The van der Waals surface area contributed by atoms with Gasteiger partial charge >= 0.3 is 0 Å². The number of rotatable bonds is 7. The van der Waals surface area contributed by atoms with Crippen molar-refractivity contribution in [2.45, 2.75) is 32.7 Å². The van der Waals surface area contributed by atoms with Gasteiger partial charge in [0, 0.05) is 32.0 Å². The van der Waals surface area contributed by atoms with Gasteiger partial charge in [0.05, 0.1) is 13.0 Å². The Morgan fingerprint density at radius 2 is 1.91 bits per heavy atom. The number of nitrogens with zero attached hydrogens (tertiary/aromatic N) is 1. The molecule has 32 heavy (non-hydrogen) atoms. The minimum atomic E-state index is -0.351. The van der Waals surface area contributed by atoms with Crippen molar-refractivity contribution in [3.05, 3.63) is 53.6 Å².